The van der Waals surface area contributed by atoms with Crippen molar-refractivity contribution in [2.75, 3.05) is 5.32 Å². The van der Waals surface area contributed by atoms with Crippen molar-refractivity contribution in [2.45, 2.75) is 10.3 Å². The van der Waals surface area contributed by atoms with Crippen LogP contribution in [0.4, 0.5) is 5.13 Å². The lowest BCUT2D eigenvalue weighted by atomic mass is 10.1. The molecule has 3 nitrogen and oxygen atoms in total. The molecule has 3 rings (SSSR count). The molecule has 1 saturated carbocycles. The summed E-state index contributed by atoms with van der Waals surface area (Å²) in [6.07, 6.45) is 1.64. The van der Waals surface area contributed by atoms with Crippen molar-refractivity contribution >= 4 is 45.6 Å². The van der Waals surface area contributed by atoms with E-state index in [4.69, 9.17) is 23.2 Å². The van der Waals surface area contributed by atoms with Crippen LogP contribution >= 0.6 is 34.5 Å². The highest BCUT2D eigenvalue weighted by atomic mass is 35.5. The average molecular weight is 313 g/mol. The molecular weight excluding hydrogens is 303 g/mol. The second kappa shape index (κ2) is 4.78. The molecule has 1 heterocycles. The lowest BCUT2D eigenvalue weighted by Crippen LogP contribution is -2.16. The number of carbonyl (C=O) groups is 1. The van der Waals surface area contributed by atoms with Crippen LogP contribution < -0.4 is 5.32 Å². The normalized spacial score (nSPS) is 23.9. The van der Waals surface area contributed by atoms with Crippen molar-refractivity contribution in [3.05, 3.63) is 47.5 Å². The third kappa shape index (κ3) is 2.36. The molecule has 1 amide bonds. The monoisotopic (exact) mass is 312 g/mol. The number of nitrogens with zero attached hydrogens (tertiary/aromatic N) is 1. The first-order valence-corrected chi connectivity index (χ1v) is 7.37. The summed E-state index contributed by atoms with van der Waals surface area (Å²) in [5, 5.41) is 5.10. The Morgan fingerprint density at radius 3 is 2.68 bits per heavy atom. The number of benzene rings is 1. The molecule has 2 atom stereocenters. The van der Waals surface area contributed by atoms with Crippen LogP contribution in [-0.2, 0) is 4.79 Å². The number of anilines is 1. The minimum atomic E-state index is -1.04. The Bertz CT molecular complexity index is 586. The van der Waals surface area contributed by atoms with E-state index in [0.29, 0.717) is 5.13 Å². The zero-order chi connectivity index (χ0) is 13.5. The topological polar surface area (TPSA) is 42.0 Å². The largest absolute Gasteiger partial charge is 0.302 e. The molecule has 0 bridgehead atoms. The van der Waals surface area contributed by atoms with Gasteiger partial charge in [-0.2, -0.15) is 0 Å². The van der Waals surface area contributed by atoms with Crippen LogP contribution in [0, 0.1) is 5.92 Å². The molecule has 6 heteroatoms. The predicted octanol–water partition coefficient (Wildman–Crippen LogP) is 3.67. The van der Waals surface area contributed by atoms with E-state index >= 15 is 0 Å². The van der Waals surface area contributed by atoms with Gasteiger partial charge in [0.15, 0.2) is 5.13 Å². The average Bonchev–Trinajstić information content (AvgIpc) is 2.76. The van der Waals surface area contributed by atoms with Crippen LogP contribution in [0.25, 0.3) is 0 Å². The van der Waals surface area contributed by atoms with Gasteiger partial charge in [0, 0.05) is 17.5 Å². The number of alkyl halides is 2. The van der Waals surface area contributed by atoms with E-state index in [2.05, 4.69) is 10.3 Å². The number of thiazole rings is 1. The standard InChI is InChI=1S/C13H10Cl2N2OS/c14-13(15)9(8-4-2-1-3-5-8)10(13)11(18)17-12-16-6-7-19-12/h1-7,9-10H,(H,16,17,18)/t9-,10+/m1/s1. The fourth-order valence-corrected chi connectivity index (χ4v) is 3.56. The fourth-order valence-electron chi connectivity index (χ4n) is 2.20. The van der Waals surface area contributed by atoms with Gasteiger partial charge in [0.25, 0.3) is 0 Å². The molecule has 0 unspecified atom stereocenters. The Morgan fingerprint density at radius 1 is 1.32 bits per heavy atom. The van der Waals surface area contributed by atoms with Crippen LogP contribution in [0.2, 0.25) is 0 Å². The summed E-state index contributed by atoms with van der Waals surface area (Å²) in [6.45, 7) is 0. The van der Waals surface area contributed by atoms with E-state index in [9.17, 15) is 4.79 Å². The Hall–Kier alpha value is -1.10. The van der Waals surface area contributed by atoms with Gasteiger partial charge in [0.05, 0.1) is 5.92 Å². The van der Waals surface area contributed by atoms with Crippen molar-refractivity contribution < 1.29 is 4.79 Å². The minimum Gasteiger partial charge on any atom is -0.302 e. The Labute approximate surface area is 124 Å². The van der Waals surface area contributed by atoms with Gasteiger partial charge < -0.3 is 5.32 Å². The molecule has 1 aliphatic rings. The van der Waals surface area contributed by atoms with Gasteiger partial charge in [-0.1, -0.05) is 30.3 Å². The summed E-state index contributed by atoms with van der Waals surface area (Å²) < 4.78 is -1.04. The quantitative estimate of drug-likeness (QED) is 0.879. The lowest BCUT2D eigenvalue weighted by Gasteiger charge is -2.00. The number of hydrogen-bond donors (Lipinski definition) is 1. The lowest BCUT2D eigenvalue weighted by molar-refractivity contribution is -0.117. The van der Waals surface area contributed by atoms with Crippen molar-refractivity contribution in [1.82, 2.24) is 4.98 Å². The smallest absolute Gasteiger partial charge is 0.233 e. The number of halogens is 2. The van der Waals surface area contributed by atoms with Gasteiger partial charge in [-0.3, -0.25) is 4.79 Å². The molecule has 2 aromatic rings. The minimum absolute atomic E-state index is 0.169. The van der Waals surface area contributed by atoms with Gasteiger partial charge in [-0.05, 0) is 5.56 Å². The molecule has 0 radical (unpaired) electrons. The number of aromatic nitrogens is 1. The third-order valence-corrected chi connectivity index (χ3v) is 4.79. The van der Waals surface area contributed by atoms with Crippen LogP contribution in [-0.4, -0.2) is 15.2 Å². The summed E-state index contributed by atoms with van der Waals surface area (Å²) >= 11 is 13.8. The van der Waals surface area contributed by atoms with Crippen LogP contribution in [0.3, 0.4) is 0 Å². The molecule has 1 N–H and O–H groups in total. The molecular formula is C13H10Cl2N2OS. The summed E-state index contributed by atoms with van der Waals surface area (Å²) in [6, 6.07) is 9.60. The zero-order valence-corrected chi connectivity index (χ0v) is 12.0. The summed E-state index contributed by atoms with van der Waals surface area (Å²) in [4.78, 5) is 16.2. The van der Waals surface area contributed by atoms with Crippen LogP contribution in [0.5, 0.6) is 0 Å². The Balaban J connectivity index is 1.77. The number of carbonyl (C=O) groups excluding carboxylic acids is 1. The molecule has 0 saturated heterocycles. The zero-order valence-electron chi connectivity index (χ0n) is 9.72. The molecule has 98 valence electrons. The molecule has 0 aliphatic heterocycles. The highest BCUT2D eigenvalue weighted by molar-refractivity contribution is 7.13. The first kappa shape index (κ1) is 12.9. The van der Waals surface area contributed by atoms with E-state index in [0.717, 1.165) is 5.56 Å². The van der Waals surface area contributed by atoms with Crippen molar-refractivity contribution in [3.8, 4) is 0 Å². The molecule has 1 aliphatic carbocycles. The first-order chi connectivity index (χ1) is 9.10. The van der Waals surface area contributed by atoms with E-state index in [-0.39, 0.29) is 11.8 Å². The SMILES string of the molecule is O=C(Nc1nccs1)[C@@H]1[C@@H](c2ccccc2)C1(Cl)Cl. The fraction of sp³-hybridized carbons (Fsp3) is 0.231. The van der Waals surface area contributed by atoms with Gasteiger partial charge in [0.2, 0.25) is 5.91 Å². The van der Waals surface area contributed by atoms with Gasteiger partial charge >= 0.3 is 0 Å². The highest BCUT2D eigenvalue weighted by Crippen LogP contribution is 2.65. The number of rotatable bonds is 3. The number of amides is 1. The Morgan fingerprint density at radius 2 is 2.05 bits per heavy atom. The predicted molar refractivity (Wildman–Crippen MR) is 77.9 cm³/mol. The maximum absolute atomic E-state index is 12.2. The summed E-state index contributed by atoms with van der Waals surface area (Å²) in [7, 11) is 0. The van der Waals surface area contributed by atoms with Gasteiger partial charge in [-0.15, -0.1) is 34.5 Å². The van der Waals surface area contributed by atoms with Crippen molar-refractivity contribution in [3.63, 3.8) is 0 Å². The maximum Gasteiger partial charge on any atom is 0.233 e. The summed E-state index contributed by atoms with van der Waals surface area (Å²) in [5.41, 5.74) is 0.979. The molecule has 1 aromatic heterocycles. The molecule has 0 spiro atoms. The first-order valence-electron chi connectivity index (χ1n) is 5.74. The Kier molecular flexibility index (Phi) is 3.25. The molecule has 19 heavy (non-hydrogen) atoms. The van der Waals surface area contributed by atoms with E-state index in [1.54, 1.807) is 11.6 Å². The van der Waals surface area contributed by atoms with Crippen molar-refractivity contribution in [2.24, 2.45) is 5.92 Å². The van der Waals surface area contributed by atoms with Gasteiger partial charge in [-0.25, -0.2) is 4.98 Å². The molecule has 1 aromatic carbocycles. The van der Waals surface area contributed by atoms with Gasteiger partial charge in [0.1, 0.15) is 4.33 Å². The number of nitrogens with one attached hydrogen (secondary N) is 1. The highest BCUT2D eigenvalue weighted by Gasteiger charge is 2.67. The van der Waals surface area contributed by atoms with E-state index in [1.165, 1.54) is 11.3 Å². The van der Waals surface area contributed by atoms with Crippen LogP contribution in [0.1, 0.15) is 11.5 Å². The third-order valence-electron chi connectivity index (χ3n) is 3.16. The van der Waals surface area contributed by atoms with E-state index in [1.807, 2.05) is 30.3 Å². The second-order valence-corrected chi connectivity index (χ2v) is 6.71. The second-order valence-electron chi connectivity index (χ2n) is 4.37. The number of hydrogen-bond acceptors (Lipinski definition) is 3. The molecule has 1 fully saturated rings. The van der Waals surface area contributed by atoms with Crippen molar-refractivity contribution in [1.29, 1.82) is 0 Å². The maximum atomic E-state index is 12.2. The summed E-state index contributed by atoms with van der Waals surface area (Å²) in [5.74, 6) is -0.798. The van der Waals surface area contributed by atoms with Crippen LogP contribution in [0.15, 0.2) is 41.9 Å². The van der Waals surface area contributed by atoms with E-state index < -0.39 is 10.3 Å².